The Kier molecular flexibility index (Phi) is 5.35. The van der Waals surface area contributed by atoms with Crippen LogP contribution in [-0.2, 0) is 5.41 Å². The number of hydrogen-bond donors (Lipinski definition) is 0. The van der Waals surface area contributed by atoms with E-state index in [1.165, 1.54) is 0 Å². The lowest BCUT2D eigenvalue weighted by molar-refractivity contribution is 0.0778. The lowest BCUT2D eigenvalue weighted by atomic mass is 9.90. The summed E-state index contributed by atoms with van der Waals surface area (Å²) in [6, 6.07) is 3.45. The van der Waals surface area contributed by atoms with E-state index in [1.54, 1.807) is 11.0 Å². The highest BCUT2D eigenvalue weighted by Gasteiger charge is 2.21. The molecule has 0 aromatic carbocycles. The number of nitrogens with zero attached hydrogens (tertiary/aromatic N) is 2. The molecule has 0 aliphatic heterocycles. The number of pyridine rings is 1. The van der Waals surface area contributed by atoms with Gasteiger partial charge in [-0.3, -0.25) is 4.79 Å². The summed E-state index contributed by atoms with van der Waals surface area (Å²) in [6.45, 7) is 15.1. The summed E-state index contributed by atoms with van der Waals surface area (Å²) >= 11 is 6.05. The zero-order chi connectivity index (χ0) is 15.5. The predicted octanol–water partition coefficient (Wildman–Crippen LogP) is 4.07. The lowest BCUT2D eigenvalue weighted by Crippen LogP contribution is -2.32. The van der Waals surface area contributed by atoms with Crippen molar-refractivity contribution in [1.82, 2.24) is 9.88 Å². The first kappa shape index (κ1) is 16.7. The molecule has 0 aliphatic carbocycles. The van der Waals surface area contributed by atoms with E-state index in [1.807, 2.05) is 40.7 Å². The van der Waals surface area contributed by atoms with E-state index in [0.717, 1.165) is 11.3 Å². The normalized spacial score (nSPS) is 11.3. The maximum atomic E-state index is 12.5. The number of amides is 1. The van der Waals surface area contributed by atoms with Gasteiger partial charge in [-0.15, -0.1) is 0 Å². The molecule has 0 N–H and O–H groups in total. The topological polar surface area (TPSA) is 33.2 Å². The van der Waals surface area contributed by atoms with Crippen molar-refractivity contribution in [2.45, 2.75) is 40.0 Å². The van der Waals surface area contributed by atoms with Crippen LogP contribution in [0.4, 0.5) is 0 Å². The van der Waals surface area contributed by atoms with Gasteiger partial charge in [0.15, 0.2) is 0 Å². The number of rotatable bonds is 4. The molecule has 20 heavy (non-hydrogen) atoms. The van der Waals surface area contributed by atoms with E-state index in [4.69, 9.17) is 11.6 Å². The van der Waals surface area contributed by atoms with Crippen molar-refractivity contribution in [3.05, 3.63) is 40.7 Å². The first-order valence-corrected chi connectivity index (χ1v) is 7.14. The second-order valence-corrected chi connectivity index (χ2v) is 6.48. The molecule has 1 rings (SSSR count). The van der Waals surface area contributed by atoms with E-state index >= 15 is 0 Å². The van der Waals surface area contributed by atoms with Crippen LogP contribution in [0.1, 0.15) is 50.7 Å². The Hall–Kier alpha value is -1.35. The Bertz CT molecular complexity index is 518. The fourth-order valence-electron chi connectivity index (χ4n) is 1.84. The molecule has 1 aromatic heterocycles. The Morgan fingerprint density at radius 3 is 2.45 bits per heavy atom. The van der Waals surface area contributed by atoms with Gasteiger partial charge >= 0.3 is 0 Å². The van der Waals surface area contributed by atoms with Crippen LogP contribution in [0.2, 0.25) is 5.15 Å². The fraction of sp³-hybridized carbons (Fsp3) is 0.500. The van der Waals surface area contributed by atoms with Crippen LogP contribution in [-0.4, -0.2) is 28.9 Å². The first-order valence-electron chi connectivity index (χ1n) is 6.77. The van der Waals surface area contributed by atoms with Crippen molar-refractivity contribution in [2.24, 2.45) is 0 Å². The first-order chi connectivity index (χ1) is 9.15. The maximum Gasteiger partial charge on any atom is 0.254 e. The minimum Gasteiger partial charge on any atom is -0.335 e. The Balaban J connectivity index is 3.15. The van der Waals surface area contributed by atoms with E-state index < -0.39 is 0 Å². The van der Waals surface area contributed by atoms with Gasteiger partial charge < -0.3 is 4.90 Å². The molecular formula is C16H23ClN2O. The van der Waals surface area contributed by atoms with Crippen molar-refractivity contribution in [3.63, 3.8) is 0 Å². The number of halogens is 1. The van der Waals surface area contributed by atoms with Crippen LogP contribution in [0, 0.1) is 0 Å². The number of carbonyl (C=O) groups excluding carboxylic acids is 1. The van der Waals surface area contributed by atoms with Gasteiger partial charge in [0.1, 0.15) is 5.15 Å². The molecular weight excluding hydrogens is 272 g/mol. The molecule has 3 nitrogen and oxygen atoms in total. The van der Waals surface area contributed by atoms with E-state index in [-0.39, 0.29) is 11.3 Å². The second kappa shape index (κ2) is 6.40. The molecule has 0 unspecified atom stereocenters. The van der Waals surface area contributed by atoms with Gasteiger partial charge in [-0.2, -0.15) is 0 Å². The second-order valence-electron chi connectivity index (χ2n) is 6.09. The average Bonchev–Trinajstić information content (AvgIpc) is 2.33. The quantitative estimate of drug-likeness (QED) is 0.619. The van der Waals surface area contributed by atoms with Gasteiger partial charge in [-0.05, 0) is 26.0 Å². The minimum atomic E-state index is -0.147. The van der Waals surface area contributed by atoms with Crippen LogP contribution in [0.3, 0.4) is 0 Å². The number of carbonyl (C=O) groups is 1. The molecule has 0 aliphatic rings. The summed E-state index contributed by atoms with van der Waals surface area (Å²) in [6.07, 6.45) is 0. The minimum absolute atomic E-state index is 0.0368. The average molecular weight is 295 g/mol. The van der Waals surface area contributed by atoms with Crippen molar-refractivity contribution >= 4 is 17.5 Å². The van der Waals surface area contributed by atoms with Gasteiger partial charge in [0.2, 0.25) is 0 Å². The molecule has 0 bridgehead atoms. The van der Waals surface area contributed by atoms with Gasteiger partial charge in [-0.25, -0.2) is 4.98 Å². The van der Waals surface area contributed by atoms with Gasteiger partial charge in [0.25, 0.3) is 5.91 Å². The summed E-state index contributed by atoms with van der Waals surface area (Å²) in [5, 5.41) is 0.354. The molecule has 0 spiro atoms. The smallest absolute Gasteiger partial charge is 0.254 e. The highest BCUT2D eigenvalue weighted by Crippen LogP contribution is 2.24. The van der Waals surface area contributed by atoms with E-state index in [2.05, 4.69) is 11.6 Å². The molecule has 1 heterocycles. The van der Waals surface area contributed by atoms with Crippen LogP contribution < -0.4 is 0 Å². The zero-order valence-corrected chi connectivity index (χ0v) is 13.7. The third-order valence-electron chi connectivity index (χ3n) is 2.94. The van der Waals surface area contributed by atoms with Crippen LogP contribution in [0.25, 0.3) is 0 Å². The zero-order valence-electron chi connectivity index (χ0n) is 13.0. The summed E-state index contributed by atoms with van der Waals surface area (Å²) in [4.78, 5) is 18.6. The van der Waals surface area contributed by atoms with Gasteiger partial charge in [0.05, 0.1) is 0 Å². The third kappa shape index (κ3) is 4.34. The molecule has 0 fully saturated rings. The lowest BCUT2D eigenvalue weighted by Gasteiger charge is -2.23. The van der Waals surface area contributed by atoms with Crippen LogP contribution in [0.15, 0.2) is 24.3 Å². The van der Waals surface area contributed by atoms with Crippen molar-refractivity contribution in [1.29, 1.82) is 0 Å². The number of aromatic nitrogens is 1. The van der Waals surface area contributed by atoms with Gasteiger partial charge in [0, 0.05) is 29.8 Å². The fourth-order valence-corrected chi connectivity index (χ4v) is 2.05. The molecule has 0 radical (unpaired) electrons. The molecule has 0 saturated carbocycles. The summed E-state index contributed by atoms with van der Waals surface area (Å²) in [5.41, 5.74) is 2.21. The largest absolute Gasteiger partial charge is 0.335 e. The summed E-state index contributed by atoms with van der Waals surface area (Å²) in [5.74, 6) is -0.0368. The molecule has 1 aromatic rings. The molecule has 1 amide bonds. The molecule has 4 heteroatoms. The molecule has 110 valence electrons. The highest BCUT2D eigenvalue weighted by atomic mass is 35.5. The van der Waals surface area contributed by atoms with Crippen LogP contribution >= 0.6 is 11.6 Å². The highest BCUT2D eigenvalue weighted by molar-refractivity contribution is 6.29. The van der Waals surface area contributed by atoms with Gasteiger partial charge in [-0.1, -0.05) is 44.5 Å². The standard InChI is InChI=1S/C16H23ClN2O/c1-7-19(10-11(2)3)15(20)12-8-13(16(4,5)6)18-14(17)9-12/h8-9H,2,7,10H2,1,3-6H3. The maximum absolute atomic E-state index is 12.5. The number of likely N-dealkylation sites (N-methyl/N-ethyl adjacent to an activating group) is 1. The molecule has 0 atom stereocenters. The van der Waals surface area contributed by atoms with Crippen molar-refractivity contribution in [2.75, 3.05) is 13.1 Å². The summed E-state index contributed by atoms with van der Waals surface area (Å²) < 4.78 is 0. The van der Waals surface area contributed by atoms with Crippen LogP contribution in [0.5, 0.6) is 0 Å². The molecule has 0 saturated heterocycles. The Labute approximate surface area is 126 Å². The van der Waals surface area contributed by atoms with Crippen molar-refractivity contribution < 1.29 is 4.79 Å². The van der Waals surface area contributed by atoms with Crippen molar-refractivity contribution in [3.8, 4) is 0 Å². The Morgan fingerprint density at radius 2 is 2.00 bits per heavy atom. The monoisotopic (exact) mass is 294 g/mol. The summed E-state index contributed by atoms with van der Waals surface area (Å²) in [7, 11) is 0. The van der Waals surface area contributed by atoms with E-state index in [9.17, 15) is 4.79 Å². The SMILES string of the molecule is C=C(C)CN(CC)C(=O)c1cc(Cl)nc(C(C)(C)C)c1. The predicted molar refractivity (Wildman–Crippen MR) is 84.3 cm³/mol. The third-order valence-corrected chi connectivity index (χ3v) is 3.13. The van der Waals surface area contributed by atoms with E-state index in [0.29, 0.717) is 23.8 Å². The number of hydrogen-bond acceptors (Lipinski definition) is 2. The Morgan fingerprint density at radius 1 is 1.40 bits per heavy atom.